The van der Waals surface area contributed by atoms with Gasteiger partial charge in [-0.25, -0.2) is 0 Å². The highest BCUT2D eigenvalue weighted by Crippen LogP contribution is 2.27. The summed E-state index contributed by atoms with van der Waals surface area (Å²) in [6.07, 6.45) is 0.865. The van der Waals surface area contributed by atoms with E-state index in [0.29, 0.717) is 12.4 Å². The minimum Gasteiger partial charge on any atom is -0.504 e. The Kier molecular flexibility index (Phi) is 8.76. The van der Waals surface area contributed by atoms with Crippen molar-refractivity contribution < 1.29 is 14.6 Å². The smallest absolute Gasteiger partial charge is 0.160 e. The van der Waals surface area contributed by atoms with Gasteiger partial charge in [-0.2, -0.15) is 0 Å². The summed E-state index contributed by atoms with van der Waals surface area (Å²) < 4.78 is 11.2. The zero-order valence-electron chi connectivity index (χ0n) is 16.3. The van der Waals surface area contributed by atoms with Crippen LogP contribution in [0.25, 0.3) is 0 Å². The molecule has 2 aromatic rings. The highest BCUT2D eigenvalue weighted by Gasteiger charge is 2.09. The number of methoxy groups -OCH3 is 1. The molecule has 0 aromatic heterocycles. The normalized spacial score (nSPS) is 11.6. The van der Waals surface area contributed by atoms with Crippen molar-refractivity contribution in [2.24, 2.45) is 0 Å². The summed E-state index contributed by atoms with van der Waals surface area (Å²) in [5.74, 6) is 1.68. The number of ether oxygens (including phenoxy) is 2. The first-order chi connectivity index (χ1) is 11.9. The van der Waals surface area contributed by atoms with Crippen molar-refractivity contribution >= 4 is 12.4 Å². The van der Waals surface area contributed by atoms with Gasteiger partial charge in [-0.05, 0) is 75.0 Å². The molecule has 144 valence electrons. The second kappa shape index (κ2) is 10.3. The lowest BCUT2D eigenvalue weighted by Crippen LogP contribution is -2.33. The molecule has 0 aliphatic carbocycles. The molecule has 26 heavy (non-hydrogen) atoms. The number of hydrogen-bond acceptors (Lipinski definition) is 4. The predicted molar refractivity (Wildman–Crippen MR) is 109 cm³/mol. The van der Waals surface area contributed by atoms with E-state index < -0.39 is 0 Å². The fourth-order valence-corrected chi connectivity index (χ4v) is 2.76. The number of aryl methyl sites for hydroxylation is 2. The number of hydrogen-bond donors (Lipinski definition) is 2. The van der Waals surface area contributed by atoms with E-state index >= 15 is 0 Å². The lowest BCUT2D eigenvalue weighted by atomic mass is 10.1. The Hall–Kier alpha value is -1.91. The number of benzene rings is 2. The molecule has 1 atom stereocenters. The Bertz CT molecular complexity index is 719. The van der Waals surface area contributed by atoms with Gasteiger partial charge in [0.1, 0.15) is 12.4 Å². The molecule has 0 bridgehead atoms. The maximum atomic E-state index is 9.63. The van der Waals surface area contributed by atoms with Crippen molar-refractivity contribution in [2.45, 2.75) is 40.2 Å². The number of rotatable bonds is 8. The quantitative estimate of drug-likeness (QED) is 0.716. The molecule has 0 saturated carbocycles. The topological polar surface area (TPSA) is 50.7 Å². The molecule has 5 heteroatoms. The molecule has 0 aliphatic rings. The molecule has 0 aliphatic heterocycles. The third kappa shape index (κ3) is 5.82. The molecule has 2 aromatic carbocycles. The van der Waals surface area contributed by atoms with Crippen LogP contribution in [0.1, 0.15) is 29.2 Å². The number of phenolic OH excluding ortho intramolecular Hbond substituents is 1. The predicted octanol–water partition coefficient (Wildman–Crippen LogP) is 4.35. The van der Waals surface area contributed by atoms with Crippen LogP contribution in [0.5, 0.6) is 17.2 Å². The number of halogens is 1. The summed E-state index contributed by atoms with van der Waals surface area (Å²) in [7, 11) is 1.56. The highest BCUT2D eigenvalue weighted by atomic mass is 35.5. The van der Waals surface area contributed by atoms with Gasteiger partial charge >= 0.3 is 0 Å². The Morgan fingerprint density at radius 3 is 2.46 bits per heavy atom. The fraction of sp³-hybridized carbons (Fsp3) is 0.429. The van der Waals surface area contributed by atoms with Gasteiger partial charge in [0.05, 0.1) is 7.11 Å². The summed E-state index contributed by atoms with van der Waals surface area (Å²) in [6, 6.07) is 9.94. The lowest BCUT2D eigenvalue weighted by molar-refractivity contribution is 0.270. The minimum atomic E-state index is 0. The van der Waals surface area contributed by atoms with Crippen molar-refractivity contribution in [1.82, 2.24) is 5.32 Å². The van der Waals surface area contributed by atoms with Gasteiger partial charge in [-0.15, -0.1) is 12.4 Å². The monoisotopic (exact) mass is 379 g/mol. The molecule has 0 heterocycles. The van der Waals surface area contributed by atoms with E-state index in [-0.39, 0.29) is 24.2 Å². The third-order valence-electron chi connectivity index (χ3n) is 4.50. The van der Waals surface area contributed by atoms with E-state index in [2.05, 4.69) is 45.1 Å². The minimum absolute atomic E-state index is 0. The molecule has 0 saturated heterocycles. The van der Waals surface area contributed by atoms with Crippen LogP contribution in [0.15, 0.2) is 30.3 Å². The summed E-state index contributed by atoms with van der Waals surface area (Å²) in [4.78, 5) is 0. The van der Waals surface area contributed by atoms with Crippen LogP contribution in [0.2, 0.25) is 0 Å². The molecule has 2 rings (SSSR count). The van der Waals surface area contributed by atoms with Crippen molar-refractivity contribution in [2.75, 3.05) is 20.3 Å². The Morgan fingerprint density at radius 2 is 1.77 bits per heavy atom. The number of aromatic hydroxyl groups is 1. The maximum absolute atomic E-state index is 9.63. The van der Waals surface area contributed by atoms with Crippen LogP contribution in [0.3, 0.4) is 0 Å². The summed E-state index contributed by atoms with van der Waals surface area (Å²) in [5, 5.41) is 13.1. The van der Waals surface area contributed by atoms with Gasteiger partial charge in [0.25, 0.3) is 0 Å². The molecule has 0 spiro atoms. The van der Waals surface area contributed by atoms with Crippen molar-refractivity contribution in [3.8, 4) is 17.2 Å². The van der Waals surface area contributed by atoms with Crippen LogP contribution in [-0.2, 0) is 6.42 Å². The molecule has 0 fully saturated rings. The van der Waals surface area contributed by atoms with E-state index in [0.717, 1.165) is 24.3 Å². The molecule has 1 unspecified atom stereocenters. The highest BCUT2D eigenvalue weighted by molar-refractivity contribution is 5.85. The van der Waals surface area contributed by atoms with Crippen LogP contribution in [-0.4, -0.2) is 31.4 Å². The first-order valence-corrected chi connectivity index (χ1v) is 8.71. The van der Waals surface area contributed by atoms with Crippen LogP contribution < -0.4 is 14.8 Å². The molecule has 2 N–H and O–H groups in total. The van der Waals surface area contributed by atoms with Crippen molar-refractivity contribution in [3.63, 3.8) is 0 Å². The Morgan fingerprint density at radius 1 is 1.08 bits per heavy atom. The lowest BCUT2D eigenvalue weighted by Gasteiger charge is -2.18. The maximum Gasteiger partial charge on any atom is 0.160 e. The van der Waals surface area contributed by atoms with E-state index in [1.807, 2.05) is 12.1 Å². The zero-order chi connectivity index (χ0) is 18.4. The van der Waals surface area contributed by atoms with Crippen LogP contribution >= 0.6 is 12.4 Å². The fourth-order valence-electron chi connectivity index (χ4n) is 2.76. The standard InChI is InChI=1S/C21H29NO3.ClH/c1-14-6-7-15(2)21(17(14)4)25-13-16(3)22-11-10-18-8-9-19(23)20(12-18)24-5;/h6-9,12,16,22-23H,10-11,13H2,1-5H3;1H. The SMILES string of the molecule is COc1cc(CCNC(C)COc2c(C)ccc(C)c2C)ccc1O.Cl. The molecule has 0 amide bonds. The van der Waals surface area contributed by atoms with E-state index in [1.165, 1.54) is 16.7 Å². The zero-order valence-corrected chi connectivity index (χ0v) is 17.1. The Balaban J connectivity index is 0.00000338. The average molecular weight is 380 g/mol. The van der Waals surface area contributed by atoms with E-state index in [4.69, 9.17) is 9.47 Å². The van der Waals surface area contributed by atoms with E-state index in [1.54, 1.807) is 13.2 Å². The number of nitrogens with one attached hydrogen (secondary N) is 1. The largest absolute Gasteiger partial charge is 0.504 e. The van der Waals surface area contributed by atoms with Crippen molar-refractivity contribution in [1.29, 1.82) is 0 Å². The third-order valence-corrected chi connectivity index (χ3v) is 4.50. The second-order valence-corrected chi connectivity index (χ2v) is 6.58. The summed E-state index contributed by atoms with van der Waals surface area (Å²) in [5.41, 5.74) is 4.76. The van der Waals surface area contributed by atoms with E-state index in [9.17, 15) is 5.11 Å². The van der Waals surface area contributed by atoms with Gasteiger partial charge in [0.2, 0.25) is 0 Å². The second-order valence-electron chi connectivity index (χ2n) is 6.58. The van der Waals surface area contributed by atoms with Crippen LogP contribution in [0, 0.1) is 20.8 Å². The average Bonchev–Trinajstić information content (AvgIpc) is 2.59. The number of phenols is 1. The van der Waals surface area contributed by atoms with Gasteiger partial charge in [-0.1, -0.05) is 18.2 Å². The summed E-state index contributed by atoms with van der Waals surface area (Å²) in [6.45, 7) is 9.88. The molecular formula is C21H30ClNO3. The Labute approximate surface area is 162 Å². The molecule has 4 nitrogen and oxygen atoms in total. The molecular weight excluding hydrogens is 350 g/mol. The van der Waals surface area contributed by atoms with Crippen LogP contribution in [0.4, 0.5) is 0 Å². The first-order valence-electron chi connectivity index (χ1n) is 8.71. The summed E-state index contributed by atoms with van der Waals surface area (Å²) >= 11 is 0. The first kappa shape index (κ1) is 22.1. The van der Waals surface area contributed by atoms with Gasteiger partial charge in [-0.3, -0.25) is 0 Å². The van der Waals surface area contributed by atoms with Gasteiger partial charge in [0.15, 0.2) is 11.5 Å². The molecule has 0 radical (unpaired) electrons. The van der Waals surface area contributed by atoms with Gasteiger partial charge in [0, 0.05) is 6.04 Å². The van der Waals surface area contributed by atoms with Crippen molar-refractivity contribution in [3.05, 3.63) is 52.6 Å². The van der Waals surface area contributed by atoms with Gasteiger partial charge < -0.3 is 19.9 Å².